The second-order valence-corrected chi connectivity index (χ2v) is 4.80. The van der Waals surface area contributed by atoms with Crippen molar-refractivity contribution in [2.45, 2.75) is 6.92 Å². The molecular formula is C7H12N4OS2. The molecule has 1 rings (SSSR count). The van der Waals surface area contributed by atoms with Crippen LogP contribution in [0, 0.1) is 6.92 Å². The smallest absolute Gasteiger partial charge is 0.236 e. The van der Waals surface area contributed by atoms with E-state index in [1.165, 1.54) is 23.1 Å². The summed E-state index contributed by atoms with van der Waals surface area (Å²) in [5, 5.41) is 11.6. The molecule has 0 spiro atoms. The zero-order valence-electron chi connectivity index (χ0n) is 7.82. The minimum absolute atomic E-state index is 0.0559. The summed E-state index contributed by atoms with van der Waals surface area (Å²) in [6.45, 7) is 2.44. The number of thioether (sulfide) groups is 1. The van der Waals surface area contributed by atoms with Crippen LogP contribution in [-0.2, 0) is 4.79 Å². The summed E-state index contributed by atoms with van der Waals surface area (Å²) in [5.41, 5.74) is 5.30. The molecular weight excluding hydrogens is 220 g/mol. The van der Waals surface area contributed by atoms with Crippen molar-refractivity contribution < 1.29 is 4.79 Å². The molecule has 0 unspecified atom stereocenters. The summed E-state index contributed by atoms with van der Waals surface area (Å²) in [4.78, 5) is 11.3. The lowest BCUT2D eigenvalue weighted by molar-refractivity contribution is -0.113. The van der Waals surface area contributed by atoms with Crippen molar-refractivity contribution in [1.29, 1.82) is 0 Å². The third-order valence-corrected chi connectivity index (χ3v) is 3.01. The zero-order valence-corrected chi connectivity index (χ0v) is 9.45. The van der Waals surface area contributed by atoms with E-state index < -0.39 is 0 Å². The molecule has 1 aromatic rings. The Morgan fingerprint density at radius 2 is 2.43 bits per heavy atom. The van der Waals surface area contributed by atoms with Crippen LogP contribution >= 0.6 is 23.1 Å². The van der Waals surface area contributed by atoms with E-state index in [2.05, 4.69) is 15.5 Å². The molecule has 0 saturated carbocycles. The molecule has 0 aliphatic rings. The molecule has 0 aliphatic carbocycles. The van der Waals surface area contributed by atoms with Crippen molar-refractivity contribution in [3.63, 3.8) is 0 Å². The molecule has 1 heterocycles. The fraction of sp³-hybridized carbons (Fsp3) is 0.571. The van der Waals surface area contributed by atoms with E-state index in [0.29, 0.717) is 17.4 Å². The Hall–Kier alpha value is -0.660. The van der Waals surface area contributed by atoms with Crippen LogP contribution in [0.2, 0.25) is 0 Å². The van der Waals surface area contributed by atoms with E-state index in [-0.39, 0.29) is 5.91 Å². The minimum atomic E-state index is -0.0559. The highest BCUT2D eigenvalue weighted by Gasteiger charge is 2.05. The van der Waals surface area contributed by atoms with E-state index in [4.69, 9.17) is 5.73 Å². The largest absolute Gasteiger partial charge is 0.330 e. The van der Waals surface area contributed by atoms with E-state index >= 15 is 0 Å². The Morgan fingerprint density at radius 3 is 3.00 bits per heavy atom. The molecule has 0 aliphatic heterocycles. The number of amides is 1. The fourth-order valence-corrected chi connectivity index (χ4v) is 1.93. The summed E-state index contributed by atoms with van der Waals surface area (Å²) in [5.74, 6) is 1.15. The molecule has 3 N–H and O–H groups in total. The standard InChI is InChI=1S/C7H12N4OS2/c1-5-10-11-7(14-5)9-6(12)4-13-3-2-8/h2-4,8H2,1H3,(H,9,11,12). The molecule has 7 heteroatoms. The van der Waals surface area contributed by atoms with Crippen molar-refractivity contribution >= 4 is 34.1 Å². The Bertz CT molecular complexity index is 302. The highest BCUT2D eigenvalue weighted by molar-refractivity contribution is 7.99. The first-order valence-electron chi connectivity index (χ1n) is 4.10. The highest BCUT2D eigenvalue weighted by atomic mass is 32.2. The number of hydrogen-bond acceptors (Lipinski definition) is 6. The fourth-order valence-electron chi connectivity index (χ4n) is 0.751. The van der Waals surface area contributed by atoms with Crippen LogP contribution in [0.15, 0.2) is 0 Å². The van der Waals surface area contributed by atoms with E-state index in [1.807, 2.05) is 6.92 Å². The lowest BCUT2D eigenvalue weighted by Crippen LogP contribution is -2.15. The van der Waals surface area contributed by atoms with Gasteiger partial charge in [-0.1, -0.05) is 11.3 Å². The van der Waals surface area contributed by atoms with Gasteiger partial charge >= 0.3 is 0 Å². The molecule has 0 saturated heterocycles. The molecule has 5 nitrogen and oxygen atoms in total. The van der Waals surface area contributed by atoms with Gasteiger partial charge in [-0.05, 0) is 6.92 Å². The van der Waals surface area contributed by atoms with Gasteiger partial charge in [-0.2, -0.15) is 11.8 Å². The number of carbonyl (C=O) groups excluding carboxylic acids is 1. The van der Waals surface area contributed by atoms with E-state index in [0.717, 1.165) is 10.8 Å². The van der Waals surface area contributed by atoms with Crippen molar-refractivity contribution in [3.8, 4) is 0 Å². The molecule has 0 radical (unpaired) electrons. The van der Waals surface area contributed by atoms with Gasteiger partial charge in [-0.3, -0.25) is 10.1 Å². The minimum Gasteiger partial charge on any atom is -0.330 e. The first-order valence-corrected chi connectivity index (χ1v) is 6.07. The maximum Gasteiger partial charge on any atom is 0.236 e. The monoisotopic (exact) mass is 232 g/mol. The van der Waals surface area contributed by atoms with Crippen molar-refractivity contribution in [2.24, 2.45) is 5.73 Å². The lowest BCUT2D eigenvalue weighted by Gasteiger charge is -1.99. The molecule has 1 aromatic heterocycles. The topological polar surface area (TPSA) is 80.9 Å². The molecule has 78 valence electrons. The number of carbonyl (C=O) groups is 1. The predicted octanol–water partition coefficient (Wildman–Crippen LogP) is 0.477. The van der Waals surface area contributed by atoms with Gasteiger partial charge in [0.2, 0.25) is 11.0 Å². The number of nitrogens with zero attached hydrogens (tertiary/aromatic N) is 2. The predicted molar refractivity (Wildman–Crippen MR) is 59.7 cm³/mol. The van der Waals surface area contributed by atoms with Crippen LogP contribution < -0.4 is 11.1 Å². The molecule has 0 aromatic carbocycles. The van der Waals surface area contributed by atoms with Crippen LogP contribution in [0.25, 0.3) is 0 Å². The molecule has 0 fully saturated rings. The van der Waals surface area contributed by atoms with Crippen LogP contribution in [0.5, 0.6) is 0 Å². The van der Waals surface area contributed by atoms with Crippen LogP contribution in [0.3, 0.4) is 0 Å². The third-order valence-electron chi connectivity index (χ3n) is 1.27. The Kier molecular flexibility index (Phi) is 4.85. The lowest BCUT2D eigenvalue weighted by atomic mass is 10.7. The summed E-state index contributed by atoms with van der Waals surface area (Å²) >= 11 is 2.87. The van der Waals surface area contributed by atoms with Gasteiger partial charge in [-0.25, -0.2) is 0 Å². The summed E-state index contributed by atoms with van der Waals surface area (Å²) in [6, 6.07) is 0. The third kappa shape index (κ3) is 4.03. The van der Waals surface area contributed by atoms with Gasteiger partial charge in [0.05, 0.1) is 5.75 Å². The summed E-state index contributed by atoms with van der Waals surface area (Å²) in [6.07, 6.45) is 0. The van der Waals surface area contributed by atoms with Gasteiger partial charge in [-0.15, -0.1) is 10.2 Å². The number of nitrogens with two attached hydrogens (primary N) is 1. The van der Waals surface area contributed by atoms with Gasteiger partial charge in [0.25, 0.3) is 0 Å². The quantitative estimate of drug-likeness (QED) is 0.722. The first-order chi connectivity index (χ1) is 6.72. The maximum absolute atomic E-state index is 11.3. The number of anilines is 1. The van der Waals surface area contributed by atoms with Gasteiger partial charge in [0.15, 0.2) is 0 Å². The second-order valence-electron chi connectivity index (χ2n) is 2.52. The number of aryl methyl sites for hydroxylation is 1. The van der Waals surface area contributed by atoms with Crippen LogP contribution in [-0.4, -0.2) is 34.2 Å². The summed E-state index contributed by atoms with van der Waals surface area (Å²) < 4.78 is 0. The van der Waals surface area contributed by atoms with Gasteiger partial charge in [0, 0.05) is 12.3 Å². The summed E-state index contributed by atoms with van der Waals surface area (Å²) in [7, 11) is 0. The number of aromatic nitrogens is 2. The SMILES string of the molecule is Cc1nnc(NC(=O)CSCCN)s1. The number of nitrogens with one attached hydrogen (secondary N) is 1. The van der Waals surface area contributed by atoms with Crippen LogP contribution in [0.4, 0.5) is 5.13 Å². The Labute approximate surface area is 90.5 Å². The maximum atomic E-state index is 11.3. The Morgan fingerprint density at radius 1 is 1.64 bits per heavy atom. The zero-order chi connectivity index (χ0) is 10.4. The van der Waals surface area contributed by atoms with E-state index in [9.17, 15) is 4.79 Å². The molecule has 1 amide bonds. The van der Waals surface area contributed by atoms with Crippen LogP contribution in [0.1, 0.15) is 5.01 Å². The average molecular weight is 232 g/mol. The van der Waals surface area contributed by atoms with Crippen molar-refractivity contribution in [1.82, 2.24) is 10.2 Å². The number of rotatable bonds is 5. The first kappa shape index (κ1) is 11.4. The molecule has 0 bridgehead atoms. The second kappa shape index (κ2) is 5.94. The van der Waals surface area contributed by atoms with Gasteiger partial charge in [0.1, 0.15) is 5.01 Å². The number of hydrogen-bond donors (Lipinski definition) is 2. The van der Waals surface area contributed by atoms with Crippen molar-refractivity contribution in [3.05, 3.63) is 5.01 Å². The molecule has 0 atom stereocenters. The van der Waals surface area contributed by atoms with Gasteiger partial charge < -0.3 is 5.73 Å². The Balaban J connectivity index is 2.27. The van der Waals surface area contributed by atoms with Crippen molar-refractivity contribution in [2.75, 3.05) is 23.4 Å². The average Bonchev–Trinajstić information content (AvgIpc) is 2.52. The molecule has 14 heavy (non-hydrogen) atoms. The van der Waals surface area contributed by atoms with E-state index in [1.54, 1.807) is 0 Å². The normalized spacial score (nSPS) is 10.1. The highest BCUT2D eigenvalue weighted by Crippen LogP contribution is 2.13.